The molecule has 0 aliphatic rings. The van der Waals surface area contributed by atoms with Crippen LogP contribution in [-0.4, -0.2) is 5.91 Å². The van der Waals surface area contributed by atoms with Gasteiger partial charge in [0.15, 0.2) is 0 Å². The molecule has 1 N–H and O–H groups in total. The van der Waals surface area contributed by atoms with Crippen molar-refractivity contribution < 1.29 is 4.79 Å². The molecule has 0 saturated carbocycles. The number of hydrogen-bond donors (Lipinski definition) is 1. The Morgan fingerprint density at radius 3 is 2.37 bits per heavy atom. The number of rotatable bonds is 4. The maximum atomic E-state index is 11.8. The van der Waals surface area contributed by atoms with Crippen molar-refractivity contribution in [3.05, 3.63) is 64.1 Å². The molecule has 0 fully saturated rings. The van der Waals surface area contributed by atoms with Gasteiger partial charge in [-0.2, -0.15) is 0 Å². The molecule has 0 radical (unpaired) electrons. The van der Waals surface area contributed by atoms with E-state index in [1.807, 2.05) is 24.3 Å². The second-order valence-electron chi connectivity index (χ2n) is 4.15. The van der Waals surface area contributed by atoms with Crippen LogP contribution in [0.4, 0.5) is 5.69 Å². The van der Waals surface area contributed by atoms with Crippen LogP contribution in [0, 0.1) is 0 Å². The predicted octanol–water partition coefficient (Wildman–Crippen LogP) is 4.56. The van der Waals surface area contributed by atoms with Gasteiger partial charge in [0.2, 0.25) is 5.91 Å². The largest absolute Gasteiger partial charge is 0.326 e. The van der Waals surface area contributed by atoms with Gasteiger partial charge in [0.05, 0.1) is 0 Å². The highest BCUT2D eigenvalue weighted by Gasteiger charge is 2.05. The maximum absolute atomic E-state index is 11.8. The van der Waals surface area contributed by atoms with Crippen molar-refractivity contribution in [2.24, 2.45) is 0 Å². The fourth-order valence-electron chi connectivity index (χ4n) is 1.71. The molecular weight excluding hydrogens is 281 g/mol. The Balaban J connectivity index is 1.88. The Labute approximate surface area is 122 Å². The first-order valence-corrected chi connectivity index (χ1v) is 6.69. The van der Waals surface area contributed by atoms with Crippen LogP contribution in [0.25, 0.3) is 0 Å². The quantitative estimate of drug-likeness (QED) is 0.879. The number of carbonyl (C=O) groups is 1. The molecule has 0 atom stereocenters. The fourth-order valence-corrected chi connectivity index (χ4v) is 2.06. The third-order valence-corrected chi connectivity index (χ3v) is 3.33. The number of carbonyl (C=O) groups excluding carboxylic acids is 1. The number of halogens is 2. The molecule has 4 heteroatoms. The molecule has 98 valence electrons. The number of anilines is 1. The van der Waals surface area contributed by atoms with Crippen molar-refractivity contribution >= 4 is 34.8 Å². The van der Waals surface area contributed by atoms with Crippen molar-refractivity contribution in [2.45, 2.75) is 12.8 Å². The Morgan fingerprint density at radius 2 is 1.68 bits per heavy atom. The summed E-state index contributed by atoms with van der Waals surface area (Å²) in [7, 11) is 0. The van der Waals surface area contributed by atoms with E-state index in [1.54, 1.807) is 24.3 Å². The Morgan fingerprint density at radius 1 is 1.00 bits per heavy atom. The van der Waals surface area contributed by atoms with Crippen LogP contribution >= 0.6 is 23.2 Å². The molecule has 19 heavy (non-hydrogen) atoms. The molecule has 2 rings (SSSR count). The number of benzene rings is 2. The summed E-state index contributed by atoms with van der Waals surface area (Å²) in [6.07, 6.45) is 1.02. The van der Waals surface area contributed by atoms with Crippen molar-refractivity contribution in [1.29, 1.82) is 0 Å². The summed E-state index contributed by atoms with van der Waals surface area (Å²) in [5, 5.41) is 4.16. The van der Waals surface area contributed by atoms with Crippen LogP contribution < -0.4 is 5.32 Å². The number of aryl methyl sites for hydroxylation is 1. The molecule has 0 saturated heterocycles. The normalized spacial score (nSPS) is 10.2. The van der Waals surface area contributed by atoms with E-state index in [1.165, 1.54) is 0 Å². The molecule has 1 amide bonds. The van der Waals surface area contributed by atoms with Gasteiger partial charge in [-0.05, 0) is 42.3 Å². The van der Waals surface area contributed by atoms with E-state index in [0.717, 1.165) is 11.3 Å². The predicted molar refractivity (Wildman–Crippen MR) is 79.9 cm³/mol. The monoisotopic (exact) mass is 293 g/mol. The summed E-state index contributed by atoms with van der Waals surface area (Å²) >= 11 is 11.8. The van der Waals surface area contributed by atoms with Gasteiger partial charge in [0.1, 0.15) is 0 Å². The number of nitrogens with one attached hydrogen (secondary N) is 1. The van der Waals surface area contributed by atoms with Gasteiger partial charge in [-0.3, -0.25) is 4.79 Å². The molecule has 0 aliphatic carbocycles. The third-order valence-electron chi connectivity index (χ3n) is 2.71. The Kier molecular flexibility index (Phi) is 4.83. The van der Waals surface area contributed by atoms with Gasteiger partial charge in [0, 0.05) is 22.2 Å². The standard InChI is InChI=1S/C15H13Cl2NO/c16-12-6-8-13(9-7-12)18-15(19)10-5-11-3-1-2-4-14(11)17/h1-4,6-9H,5,10H2,(H,18,19). The molecule has 0 unspecified atom stereocenters. The summed E-state index contributed by atoms with van der Waals surface area (Å²) in [4.78, 5) is 11.8. The lowest BCUT2D eigenvalue weighted by atomic mass is 10.1. The van der Waals surface area contributed by atoms with Crippen LogP contribution in [-0.2, 0) is 11.2 Å². The van der Waals surface area contributed by atoms with Crippen molar-refractivity contribution in [3.8, 4) is 0 Å². The van der Waals surface area contributed by atoms with E-state index in [2.05, 4.69) is 5.32 Å². The first kappa shape index (κ1) is 13.9. The van der Waals surface area contributed by atoms with Crippen LogP contribution in [0.3, 0.4) is 0 Å². The average molecular weight is 294 g/mol. The average Bonchev–Trinajstić information content (AvgIpc) is 2.40. The Bertz CT molecular complexity index is 567. The second-order valence-corrected chi connectivity index (χ2v) is 4.99. The van der Waals surface area contributed by atoms with Crippen molar-refractivity contribution in [2.75, 3.05) is 5.32 Å². The summed E-state index contributed by atoms with van der Waals surface area (Å²) in [5.41, 5.74) is 1.73. The van der Waals surface area contributed by atoms with Gasteiger partial charge in [-0.1, -0.05) is 41.4 Å². The molecule has 0 heterocycles. The lowest BCUT2D eigenvalue weighted by Gasteiger charge is -2.06. The minimum atomic E-state index is -0.0396. The van der Waals surface area contributed by atoms with E-state index in [4.69, 9.17) is 23.2 Å². The summed E-state index contributed by atoms with van der Waals surface area (Å²) in [5.74, 6) is -0.0396. The molecule has 0 aromatic heterocycles. The van der Waals surface area contributed by atoms with Gasteiger partial charge < -0.3 is 5.32 Å². The topological polar surface area (TPSA) is 29.1 Å². The lowest BCUT2D eigenvalue weighted by Crippen LogP contribution is -2.12. The summed E-state index contributed by atoms with van der Waals surface area (Å²) in [6.45, 7) is 0. The van der Waals surface area contributed by atoms with Gasteiger partial charge in [-0.15, -0.1) is 0 Å². The SMILES string of the molecule is O=C(CCc1ccccc1Cl)Nc1ccc(Cl)cc1. The molecule has 2 nitrogen and oxygen atoms in total. The van der Waals surface area contributed by atoms with Gasteiger partial charge in [0.25, 0.3) is 0 Å². The van der Waals surface area contributed by atoms with E-state index in [-0.39, 0.29) is 5.91 Å². The maximum Gasteiger partial charge on any atom is 0.224 e. The van der Waals surface area contributed by atoms with E-state index < -0.39 is 0 Å². The summed E-state index contributed by atoms with van der Waals surface area (Å²) < 4.78 is 0. The van der Waals surface area contributed by atoms with Crippen LogP contribution in [0.1, 0.15) is 12.0 Å². The minimum Gasteiger partial charge on any atom is -0.326 e. The molecule has 0 aliphatic heterocycles. The second kappa shape index (κ2) is 6.60. The highest BCUT2D eigenvalue weighted by atomic mass is 35.5. The third kappa shape index (κ3) is 4.27. The molecule has 0 bridgehead atoms. The van der Waals surface area contributed by atoms with Crippen molar-refractivity contribution in [1.82, 2.24) is 0 Å². The molecule has 2 aromatic carbocycles. The summed E-state index contributed by atoms with van der Waals surface area (Å²) in [6, 6.07) is 14.6. The van der Waals surface area contributed by atoms with E-state index in [0.29, 0.717) is 22.9 Å². The van der Waals surface area contributed by atoms with E-state index in [9.17, 15) is 4.79 Å². The molecule has 2 aromatic rings. The van der Waals surface area contributed by atoms with Crippen LogP contribution in [0.5, 0.6) is 0 Å². The molecule has 0 spiro atoms. The lowest BCUT2D eigenvalue weighted by molar-refractivity contribution is -0.116. The number of amides is 1. The zero-order valence-electron chi connectivity index (χ0n) is 10.2. The van der Waals surface area contributed by atoms with E-state index >= 15 is 0 Å². The number of hydrogen-bond acceptors (Lipinski definition) is 1. The zero-order chi connectivity index (χ0) is 13.7. The first-order chi connectivity index (χ1) is 9.15. The van der Waals surface area contributed by atoms with Crippen LogP contribution in [0.2, 0.25) is 10.0 Å². The van der Waals surface area contributed by atoms with Crippen molar-refractivity contribution in [3.63, 3.8) is 0 Å². The smallest absolute Gasteiger partial charge is 0.224 e. The molecular formula is C15H13Cl2NO. The first-order valence-electron chi connectivity index (χ1n) is 5.94. The minimum absolute atomic E-state index is 0.0396. The van der Waals surface area contributed by atoms with Gasteiger partial charge in [-0.25, -0.2) is 0 Å². The van der Waals surface area contributed by atoms with Gasteiger partial charge >= 0.3 is 0 Å². The van der Waals surface area contributed by atoms with Crippen LogP contribution in [0.15, 0.2) is 48.5 Å². The highest BCUT2D eigenvalue weighted by Crippen LogP contribution is 2.17. The zero-order valence-corrected chi connectivity index (χ0v) is 11.7. The Hall–Kier alpha value is -1.51. The highest BCUT2D eigenvalue weighted by molar-refractivity contribution is 6.31. The fraction of sp³-hybridized carbons (Fsp3) is 0.133.